The van der Waals surface area contributed by atoms with Crippen molar-refractivity contribution in [1.29, 1.82) is 0 Å². The number of rotatable bonds is 7. The number of nitrogens with one attached hydrogen (secondary N) is 1. The van der Waals surface area contributed by atoms with Crippen molar-refractivity contribution in [1.82, 2.24) is 0 Å². The fraction of sp³-hybridized carbons (Fsp3) is 0.300. The molecule has 0 heterocycles. The molecule has 2 aromatic rings. The van der Waals surface area contributed by atoms with Crippen molar-refractivity contribution < 1.29 is 27.5 Å². The van der Waals surface area contributed by atoms with Crippen LogP contribution in [0.3, 0.4) is 0 Å². The molecule has 30 heavy (non-hydrogen) atoms. The summed E-state index contributed by atoms with van der Waals surface area (Å²) in [4.78, 5) is 24.7. The van der Waals surface area contributed by atoms with Gasteiger partial charge in [-0.1, -0.05) is 17.7 Å². The number of anilines is 2. The maximum atomic E-state index is 12.9. The molecule has 0 bridgehead atoms. The first-order valence-electron chi connectivity index (χ1n) is 8.82. The minimum atomic E-state index is -3.83. The molecule has 0 aromatic heterocycles. The van der Waals surface area contributed by atoms with Gasteiger partial charge in [0.1, 0.15) is 11.8 Å². The number of carbonyl (C=O) groups is 2. The molecule has 0 saturated heterocycles. The van der Waals surface area contributed by atoms with Crippen LogP contribution in [0, 0.1) is 6.92 Å². The number of carbonyl (C=O) groups excluding carboxylic acids is 2. The second-order valence-electron chi connectivity index (χ2n) is 6.56. The Morgan fingerprint density at radius 2 is 1.80 bits per heavy atom. The summed E-state index contributed by atoms with van der Waals surface area (Å²) in [6.45, 7) is 3.20. The number of hydrogen-bond acceptors (Lipinski definition) is 6. The zero-order valence-electron chi connectivity index (χ0n) is 17.2. The van der Waals surface area contributed by atoms with Gasteiger partial charge in [-0.3, -0.25) is 9.10 Å². The molecule has 162 valence electrons. The lowest BCUT2D eigenvalue weighted by Crippen LogP contribution is -2.45. The molecule has 0 unspecified atom stereocenters. The van der Waals surface area contributed by atoms with Crippen molar-refractivity contribution in [3.8, 4) is 5.75 Å². The van der Waals surface area contributed by atoms with Crippen molar-refractivity contribution >= 4 is 44.9 Å². The molecule has 1 amide bonds. The molecule has 1 atom stereocenters. The average Bonchev–Trinajstić information content (AvgIpc) is 2.68. The molecule has 0 saturated carbocycles. The highest BCUT2D eigenvalue weighted by molar-refractivity contribution is 7.92. The van der Waals surface area contributed by atoms with Crippen LogP contribution in [-0.2, 0) is 19.6 Å². The summed E-state index contributed by atoms with van der Waals surface area (Å²) in [5, 5.41) is 2.88. The third-order valence-electron chi connectivity index (χ3n) is 4.39. The fourth-order valence-corrected chi connectivity index (χ4v) is 4.26. The minimum Gasteiger partial charge on any atom is -0.495 e. The first-order valence-corrected chi connectivity index (χ1v) is 11.0. The Morgan fingerprint density at radius 1 is 1.13 bits per heavy atom. The molecule has 0 spiro atoms. The van der Waals surface area contributed by atoms with E-state index in [-0.39, 0.29) is 16.3 Å². The molecule has 0 radical (unpaired) electrons. The van der Waals surface area contributed by atoms with E-state index >= 15 is 0 Å². The van der Waals surface area contributed by atoms with Gasteiger partial charge >= 0.3 is 5.97 Å². The first-order chi connectivity index (χ1) is 14.0. The van der Waals surface area contributed by atoms with Crippen molar-refractivity contribution in [3.05, 3.63) is 52.5 Å². The molecule has 2 aromatic carbocycles. The molecule has 2 rings (SSSR count). The van der Waals surface area contributed by atoms with Crippen molar-refractivity contribution in [2.24, 2.45) is 0 Å². The number of benzene rings is 2. The van der Waals surface area contributed by atoms with Crippen LogP contribution >= 0.6 is 11.6 Å². The number of ether oxygens (including phenoxy) is 2. The summed E-state index contributed by atoms with van der Waals surface area (Å²) >= 11 is 6.13. The van der Waals surface area contributed by atoms with Gasteiger partial charge in [0, 0.05) is 5.69 Å². The Balaban J connectivity index is 2.38. The lowest BCUT2D eigenvalue weighted by atomic mass is 10.1. The van der Waals surface area contributed by atoms with Gasteiger partial charge in [-0.2, -0.15) is 0 Å². The standard InChI is InChI=1S/C20H23ClN2O6S/c1-12-6-7-14(20(25)29-4)10-17(12)22-19(24)13(2)23(30(5,26)27)15-8-9-18(28-3)16(21)11-15/h6-11,13H,1-5H3,(H,22,24)/t13-/m1/s1. The van der Waals surface area contributed by atoms with Crippen LogP contribution in [0.2, 0.25) is 5.02 Å². The zero-order valence-corrected chi connectivity index (χ0v) is 18.8. The smallest absolute Gasteiger partial charge is 0.337 e. The Bertz CT molecular complexity index is 1070. The highest BCUT2D eigenvalue weighted by atomic mass is 35.5. The molecule has 0 aliphatic heterocycles. The van der Waals surface area contributed by atoms with E-state index in [0.717, 1.165) is 10.6 Å². The van der Waals surface area contributed by atoms with Gasteiger partial charge in [-0.15, -0.1) is 0 Å². The van der Waals surface area contributed by atoms with Gasteiger partial charge < -0.3 is 14.8 Å². The SMILES string of the molecule is COC(=O)c1ccc(C)c(NC(=O)[C@@H](C)N(c2ccc(OC)c(Cl)c2)S(C)(=O)=O)c1. The van der Waals surface area contributed by atoms with Crippen LogP contribution in [0.15, 0.2) is 36.4 Å². The number of esters is 1. The summed E-state index contributed by atoms with van der Waals surface area (Å²) in [5.41, 5.74) is 1.54. The van der Waals surface area contributed by atoms with Crippen LogP contribution in [0.4, 0.5) is 11.4 Å². The monoisotopic (exact) mass is 454 g/mol. The molecule has 8 nitrogen and oxygen atoms in total. The van der Waals surface area contributed by atoms with E-state index in [1.165, 1.54) is 45.4 Å². The van der Waals surface area contributed by atoms with E-state index < -0.39 is 27.9 Å². The molecule has 0 fully saturated rings. The molecule has 0 aliphatic rings. The van der Waals surface area contributed by atoms with Crippen molar-refractivity contribution in [2.45, 2.75) is 19.9 Å². The van der Waals surface area contributed by atoms with Crippen molar-refractivity contribution in [3.63, 3.8) is 0 Å². The Morgan fingerprint density at radius 3 is 2.33 bits per heavy atom. The van der Waals surface area contributed by atoms with E-state index in [0.29, 0.717) is 17.0 Å². The minimum absolute atomic E-state index is 0.206. The van der Waals surface area contributed by atoms with E-state index in [4.69, 9.17) is 21.1 Å². The third kappa shape index (κ3) is 5.22. The van der Waals surface area contributed by atoms with Crippen LogP contribution in [0.1, 0.15) is 22.8 Å². The first kappa shape index (κ1) is 23.5. The topological polar surface area (TPSA) is 102 Å². The normalized spacial score (nSPS) is 12.1. The zero-order chi connectivity index (χ0) is 22.6. The second kappa shape index (κ2) is 9.36. The maximum absolute atomic E-state index is 12.9. The van der Waals surface area contributed by atoms with Crippen LogP contribution < -0.4 is 14.4 Å². The largest absolute Gasteiger partial charge is 0.495 e. The van der Waals surface area contributed by atoms with Gasteiger partial charge in [0.2, 0.25) is 15.9 Å². The highest BCUT2D eigenvalue weighted by Crippen LogP contribution is 2.31. The van der Waals surface area contributed by atoms with E-state index in [1.807, 2.05) is 0 Å². The summed E-state index contributed by atoms with van der Waals surface area (Å²) in [7, 11) is -1.13. The predicted molar refractivity (Wildman–Crippen MR) is 116 cm³/mol. The predicted octanol–water partition coefficient (Wildman–Crippen LogP) is 3.24. The molecule has 0 aliphatic carbocycles. The summed E-state index contributed by atoms with van der Waals surface area (Å²) in [6.07, 6.45) is 0.998. The lowest BCUT2D eigenvalue weighted by Gasteiger charge is -2.28. The van der Waals surface area contributed by atoms with E-state index in [9.17, 15) is 18.0 Å². The Labute approximate surface area is 180 Å². The Kier molecular flexibility index (Phi) is 7.33. The van der Waals surface area contributed by atoms with Crippen LogP contribution in [-0.4, -0.2) is 46.8 Å². The fourth-order valence-electron chi connectivity index (χ4n) is 2.84. The molecular weight excluding hydrogens is 432 g/mol. The molecule has 1 N–H and O–H groups in total. The molecule has 10 heteroatoms. The lowest BCUT2D eigenvalue weighted by molar-refractivity contribution is -0.116. The number of sulfonamides is 1. The highest BCUT2D eigenvalue weighted by Gasteiger charge is 2.30. The number of amides is 1. The average molecular weight is 455 g/mol. The van der Waals surface area contributed by atoms with Gasteiger partial charge in [0.25, 0.3) is 0 Å². The van der Waals surface area contributed by atoms with Crippen LogP contribution in [0.5, 0.6) is 5.75 Å². The van der Waals surface area contributed by atoms with Crippen LogP contribution in [0.25, 0.3) is 0 Å². The number of halogens is 1. The van der Waals surface area contributed by atoms with E-state index in [1.54, 1.807) is 19.1 Å². The van der Waals surface area contributed by atoms with E-state index in [2.05, 4.69) is 5.32 Å². The summed E-state index contributed by atoms with van der Waals surface area (Å²) < 4.78 is 35.7. The van der Waals surface area contributed by atoms with Gasteiger partial charge in [-0.25, -0.2) is 13.2 Å². The maximum Gasteiger partial charge on any atom is 0.337 e. The summed E-state index contributed by atoms with van der Waals surface area (Å²) in [6, 6.07) is 8.02. The summed E-state index contributed by atoms with van der Waals surface area (Å²) in [5.74, 6) is -0.761. The van der Waals surface area contributed by atoms with Gasteiger partial charge in [0.15, 0.2) is 0 Å². The van der Waals surface area contributed by atoms with Gasteiger partial charge in [0.05, 0.1) is 36.7 Å². The third-order valence-corrected chi connectivity index (χ3v) is 5.93. The number of methoxy groups -OCH3 is 2. The van der Waals surface area contributed by atoms with Gasteiger partial charge in [-0.05, 0) is 49.7 Å². The van der Waals surface area contributed by atoms with Crippen molar-refractivity contribution in [2.75, 3.05) is 30.1 Å². The number of hydrogen-bond donors (Lipinski definition) is 1. The number of nitrogens with zero attached hydrogens (tertiary/aromatic N) is 1. The second-order valence-corrected chi connectivity index (χ2v) is 8.83. The number of aryl methyl sites for hydroxylation is 1. The quantitative estimate of drug-likeness (QED) is 0.644. The molecular formula is C20H23ClN2O6S. The Hall–Kier alpha value is -2.78.